The topological polar surface area (TPSA) is 0 Å². The third-order valence-corrected chi connectivity index (χ3v) is 0.495. The molecule has 12 heavy (non-hydrogen) atoms. The highest BCUT2D eigenvalue weighted by Crippen LogP contribution is 2.24. The summed E-state index contributed by atoms with van der Waals surface area (Å²) in [6.45, 7) is 1.05. The van der Waals surface area contributed by atoms with Gasteiger partial charge in [-0.15, -0.1) is 0 Å². The van der Waals surface area contributed by atoms with E-state index in [1.165, 1.54) is 0 Å². The van der Waals surface area contributed by atoms with Crippen LogP contribution in [0.5, 0.6) is 0 Å². The first-order chi connectivity index (χ1) is 4.94. The van der Waals surface area contributed by atoms with Crippen LogP contribution in [0.25, 0.3) is 0 Å². The Hall–Kier alpha value is 0.520. The Kier molecular flexibility index (Phi) is 6.62. The number of rotatable bonds is 0. The third-order valence-electron chi connectivity index (χ3n) is 0.247. The van der Waals surface area contributed by atoms with E-state index >= 15 is 0 Å². The Labute approximate surface area is 80.6 Å². The van der Waals surface area contributed by atoms with Crippen LogP contribution in [0.2, 0.25) is 0 Å². The fraction of sp³-hybridized carbons (Fsp3) is 1.00. The zero-order valence-electron chi connectivity index (χ0n) is 5.60. The summed E-state index contributed by atoms with van der Waals surface area (Å²) in [7, 11) is 0. The van der Waals surface area contributed by atoms with Gasteiger partial charge in [0, 0.05) is 0 Å². The number of halogens is 8. The van der Waals surface area contributed by atoms with E-state index in [0.29, 0.717) is 0 Å². The van der Waals surface area contributed by atoms with Crippen molar-refractivity contribution in [3.63, 3.8) is 0 Å². The molecule has 0 spiro atoms. The summed E-state index contributed by atoms with van der Waals surface area (Å²) in [5.41, 5.74) is -3.23. The molecule has 76 valence electrons. The molecule has 0 heterocycles. The van der Waals surface area contributed by atoms with Crippen molar-refractivity contribution in [3.8, 4) is 0 Å². The largest absolute Gasteiger partial charge is 0.433 e. The summed E-state index contributed by atoms with van der Waals surface area (Å²) in [6, 6.07) is 0. The van der Waals surface area contributed by atoms with Gasteiger partial charge in [0.1, 0.15) is 0 Å². The predicted molar refractivity (Wildman–Crippen MR) is 38.0 cm³/mol. The molecule has 0 N–H and O–H groups in total. The summed E-state index contributed by atoms with van der Waals surface area (Å²) in [5, 5.41) is 0. The van der Waals surface area contributed by atoms with Gasteiger partial charge in [0.15, 0.2) is 0 Å². The summed E-state index contributed by atoms with van der Waals surface area (Å²) < 4.78 is 52.0. The van der Waals surface area contributed by atoms with Gasteiger partial charge in [0.05, 0.1) is 0 Å². The second-order valence-corrected chi connectivity index (χ2v) is 3.62. The van der Waals surface area contributed by atoms with Crippen molar-refractivity contribution in [2.45, 2.75) is 23.3 Å². The molecule has 0 bridgehead atoms. The minimum absolute atomic E-state index is 1.05. The predicted octanol–water partition coefficient (Wildman–Crippen LogP) is 4.19. The Morgan fingerprint density at radius 1 is 1.08 bits per heavy atom. The molecule has 0 saturated carbocycles. The van der Waals surface area contributed by atoms with Crippen LogP contribution in [-0.2, 0) is 0 Å². The van der Waals surface area contributed by atoms with Crippen molar-refractivity contribution >= 4 is 34.8 Å². The molecular weight excluding hydrogens is 249 g/mol. The molecule has 8 heteroatoms. The quantitative estimate of drug-likeness (QED) is 0.448. The lowest BCUT2D eigenvalue weighted by molar-refractivity contribution is -0.156. The molecule has 1 atom stereocenters. The zero-order chi connectivity index (χ0) is 10.6. The molecule has 0 fully saturated rings. The highest BCUT2D eigenvalue weighted by Gasteiger charge is 2.38. The van der Waals surface area contributed by atoms with E-state index < -0.39 is 16.4 Å². The minimum atomic E-state index is -4.90. The van der Waals surface area contributed by atoms with Gasteiger partial charge in [0.2, 0.25) is 0 Å². The molecule has 0 saturated heterocycles. The van der Waals surface area contributed by atoms with Crippen LogP contribution < -0.4 is 0 Å². The Balaban J connectivity index is 0. The second-order valence-electron chi connectivity index (χ2n) is 1.62. The molecule has 0 radical (unpaired) electrons. The maximum Gasteiger partial charge on any atom is 0.433 e. The van der Waals surface area contributed by atoms with Gasteiger partial charge in [-0.05, 0) is 6.92 Å². The molecular formula is C4H4Cl3F5. The Morgan fingerprint density at radius 3 is 1.17 bits per heavy atom. The minimum Gasteiger partial charge on any atom is -0.220 e. The molecule has 0 amide bonds. The maximum absolute atomic E-state index is 11.2. The van der Waals surface area contributed by atoms with E-state index in [1.54, 1.807) is 0 Å². The fourth-order valence-corrected chi connectivity index (χ4v) is 0. The first-order valence-corrected chi connectivity index (χ1v) is 3.55. The van der Waals surface area contributed by atoms with E-state index in [0.717, 1.165) is 6.92 Å². The van der Waals surface area contributed by atoms with Crippen molar-refractivity contribution in [1.82, 2.24) is 0 Å². The van der Waals surface area contributed by atoms with E-state index in [1.807, 2.05) is 0 Å². The fourth-order valence-electron chi connectivity index (χ4n) is 0. The number of alkyl halides is 8. The van der Waals surface area contributed by atoms with Crippen LogP contribution in [-0.4, -0.2) is 16.4 Å². The lowest BCUT2D eigenvalue weighted by atomic mass is 10.7. The summed E-state index contributed by atoms with van der Waals surface area (Å²) in [4.78, 5) is 0. The Morgan fingerprint density at radius 2 is 1.17 bits per heavy atom. The molecule has 0 aliphatic rings. The van der Waals surface area contributed by atoms with Crippen molar-refractivity contribution in [3.05, 3.63) is 0 Å². The number of hydrogen-bond acceptors (Lipinski definition) is 0. The normalized spacial score (nSPS) is 14.8. The molecule has 0 aromatic carbocycles. The number of hydrogen-bond donors (Lipinski definition) is 0. The lowest BCUT2D eigenvalue weighted by Crippen LogP contribution is -2.17. The maximum atomic E-state index is 11.2. The van der Waals surface area contributed by atoms with E-state index in [4.69, 9.17) is 0 Å². The molecule has 1 unspecified atom stereocenters. The zero-order valence-corrected chi connectivity index (χ0v) is 7.87. The van der Waals surface area contributed by atoms with Gasteiger partial charge in [-0.3, -0.25) is 0 Å². The van der Waals surface area contributed by atoms with Crippen LogP contribution in [0.4, 0.5) is 22.0 Å². The van der Waals surface area contributed by atoms with Gasteiger partial charge in [-0.2, -0.15) is 13.2 Å². The van der Waals surface area contributed by atoms with Crippen LogP contribution in [0, 0.1) is 0 Å². The molecule has 0 aliphatic heterocycles. The molecule has 0 aliphatic carbocycles. The first kappa shape index (κ1) is 15.0. The highest BCUT2D eigenvalue weighted by molar-refractivity contribution is 6.46. The third kappa shape index (κ3) is 22.4. The first-order valence-electron chi connectivity index (χ1n) is 2.36. The average molecular weight is 253 g/mol. The van der Waals surface area contributed by atoms with Gasteiger partial charge in [0.25, 0.3) is 10.2 Å². The van der Waals surface area contributed by atoms with Crippen LogP contribution >= 0.6 is 34.8 Å². The summed E-state index contributed by atoms with van der Waals surface area (Å²) >= 11 is 13.2. The standard InChI is InChI=1S/C2H3Cl2F.C2HClF4/c1-2(3,4)5;3-1(4)2(5,6)7/h1H3;1H. The van der Waals surface area contributed by atoms with Crippen LogP contribution in [0.3, 0.4) is 0 Å². The summed E-state index contributed by atoms with van der Waals surface area (Å²) in [5.74, 6) is 0. The SMILES string of the molecule is CC(F)(Cl)Cl.FC(Cl)C(F)(F)F. The van der Waals surface area contributed by atoms with Crippen molar-refractivity contribution in [2.24, 2.45) is 0 Å². The van der Waals surface area contributed by atoms with E-state index in [9.17, 15) is 22.0 Å². The lowest BCUT2D eigenvalue weighted by Gasteiger charge is -2.01. The smallest absolute Gasteiger partial charge is 0.220 e. The average Bonchev–Trinajstić information content (AvgIpc) is 1.55. The second kappa shape index (κ2) is 5.29. The van der Waals surface area contributed by atoms with Crippen molar-refractivity contribution in [1.29, 1.82) is 0 Å². The summed E-state index contributed by atoms with van der Waals surface area (Å²) in [6.07, 6.45) is -4.90. The monoisotopic (exact) mass is 252 g/mol. The highest BCUT2D eigenvalue weighted by atomic mass is 35.5. The van der Waals surface area contributed by atoms with Gasteiger partial charge in [-0.25, -0.2) is 8.78 Å². The Bertz CT molecular complexity index is 109. The molecule has 0 rings (SSSR count). The molecule has 0 aromatic heterocycles. The van der Waals surface area contributed by atoms with E-state index in [-0.39, 0.29) is 0 Å². The van der Waals surface area contributed by atoms with Crippen LogP contribution in [0.15, 0.2) is 0 Å². The van der Waals surface area contributed by atoms with Crippen molar-refractivity contribution in [2.75, 3.05) is 0 Å². The van der Waals surface area contributed by atoms with Gasteiger partial charge >= 0.3 is 6.18 Å². The van der Waals surface area contributed by atoms with Crippen LogP contribution in [0.1, 0.15) is 6.92 Å². The van der Waals surface area contributed by atoms with E-state index in [2.05, 4.69) is 34.8 Å². The molecule has 0 aromatic rings. The molecule has 0 nitrogen and oxygen atoms in total. The van der Waals surface area contributed by atoms with Gasteiger partial charge in [-0.1, -0.05) is 34.8 Å². The van der Waals surface area contributed by atoms with Crippen molar-refractivity contribution < 1.29 is 22.0 Å². The van der Waals surface area contributed by atoms with Gasteiger partial charge < -0.3 is 0 Å².